The molecule has 1 heterocycles. The van der Waals surface area contributed by atoms with Crippen LogP contribution in [0.5, 0.6) is 11.5 Å². The maximum atomic E-state index is 13.8. The van der Waals surface area contributed by atoms with Crippen LogP contribution in [0.2, 0.25) is 5.02 Å². The highest BCUT2D eigenvalue weighted by atomic mass is 35.5. The molecule has 0 aromatic heterocycles. The molecule has 3 atom stereocenters. The number of fused-ring (bicyclic) bond motifs is 1. The van der Waals surface area contributed by atoms with E-state index in [4.69, 9.17) is 21.1 Å². The lowest BCUT2D eigenvalue weighted by Crippen LogP contribution is -2.41. The molecule has 0 bridgehead atoms. The van der Waals surface area contributed by atoms with Gasteiger partial charge in [-0.3, -0.25) is 9.59 Å². The van der Waals surface area contributed by atoms with Crippen molar-refractivity contribution in [2.24, 2.45) is 0 Å². The van der Waals surface area contributed by atoms with Crippen LogP contribution in [-0.4, -0.2) is 36.5 Å². The summed E-state index contributed by atoms with van der Waals surface area (Å²) in [5, 5.41) is 0.632. The number of anilines is 1. The number of hydrogen-bond acceptors (Lipinski definition) is 4. The Morgan fingerprint density at radius 2 is 1.72 bits per heavy atom. The van der Waals surface area contributed by atoms with E-state index < -0.39 is 0 Å². The van der Waals surface area contributed by atoms with Gasteiger partial charge >= 0.3 is 0 Å². The van der Waals surface area contributed by atoms with Crippen molar-refractivity contribution in [2.75, 3.05) is 18.6 Å². The number of hydrogen-bond donors (Lipinski definition) is 0. The van der Waals surface area contributed by atoms with Gasteiger partial charge in [-0.1, -0.05) is 42.8 Å². The molecule has 0 spiro atoms. The first-order chi connectivity index (χ1) is 18.7. The van der Waals surface area contributed by atoms with Crippen molar-refractivity contribution in [1.82, 2.24) is 4.90 Å². The summed E-state index contributed by atoms with van der Waals surface area (Å²) in [5.74, 6) is 1.30. The minimum Gasteiger partial charge on any atom is -0.493 e. The van der Waals surface area contributed by atoms with E-state index in [1.54, 1.807) is 14.0 Å². The van der Waals surface area contributed by atoms with Crippen LogP contribution < -0.4 is 14.4 Å². The van der Waals surface area contributed by atoms with Crippen molar-refractivity contribution < 1.29 is 19.1 Å². The fourth-order valence-electron chi connectivity index (χ4n) is 5.24. The van der Waals surface area contributed by atoms with E-state index in [1.807, 2.05) is 91.2 Å². The van der Waals surface area contributed by atoms with E-state index >= 15 is 0 Å². The SMILES string of the molecule is CC[C@@H](C)Oc1cc2c(cc1OC)CC(=O)N(c1ccc([C@@H](C)N(CC)C(C)=O)cc1)[C@H]2c1ccc(Cl)cc1. The van der Waals surface area contributed by atoms with Crippen molar-refractivity contribution in [3.63, 3.8) is 0 Å². The zero-order valence-corrected chi connectivity index (χ0v) is 24.3. The molecule has 39 heavy (non-hydrogen) atoms. The van der Waals surface area contributed by atoms with Crippen LogP contribution >= 0.6 is 11.6 Å². The van der Waals surface area contributed by atoms with Gasteiger partial charge in [0.15, 0.2) is 11.5 Å². The van der Waals surface area contributed by atoms with Gasteiger partial charge in [-0.15, -0.1) is 0 Å². The summed E-state index contributed by atoms with van der Waals surface area (Å²) in [6.45, 7) is 10.3. The molecule has 0 N–H and O–H groups in total. The van der Waals surface area contributed by atoms with E-state index in [0.717, 1.165) is 34.4 Å². The molecular weight excluding hydrogens is 512 g/mol. The average Bonchev–Trinajstić information content (AvgIpc) is 2.93. The first kappa shape index (κ1) is 28.5. The Kier molecular flexibility index (Phi) is 8.86. The topological polar surface area (TPSA) is 59.1 Å². The van der Waals surface area contributed by atoms with Crippen molar-refractivity contribution in [2.45, 2.75) is 65.6 Å². The second-order valence-electron chi connectivity index (χ2n) is 10.0. The second-order valence-corrected chi connectivity index (χ2v) is 10.4. The van der Waals surface area contributed by atoms with Crippen LogP contribution in [0.3, 0.4) is 0 Å². The summed E-state index contributed by atoms with van der Waals surface area (Å²) in [7, 11) is 1.62. The summed E-state index contributed by atoms with van der Waals surface area (Å²) in [4.78, 5) is 29.5. The number of rotatable bonds is 9. The molecule has 1 aliphatic heterocycles. The molecule has 6 nitrogen and oxygen atoms in total. The van der Waals surface area contributed by atoms with Crippen LogP contribution in [-0.2, 0) is 16.0 Å². The van der Waals surface area contributed by atoms with Gasteiger partial charge in [0.05, 0.1) is 31.7 Å². The molecule has 0 saturated carbocycles. The average molecular weight is 549 g/mol. The van der Waals surface area contributed by atoms with Gasteiger partial charge in [-0.05, 0) is 85.8 Å². The van der Waals surface area contributed by atoms with Gasteiger partial charge in [0, 0.05) is 24.2 Å². The van der Waals surface area contributed by atoms with Crippen molar-refractivity contribution in [3.05, 3.63) is 87.9 Å². The molecule has 0 saturated heterocycles. The Labute approximate surface area is 236 Å². The molecular formula is C32H37ClN2O4. The quantitative estimate of drug-likeness (QED) is 0.285. The van der Waals surface area contributed by atoms with Crippen molar-refractivity contribution in [3.8, 4) is 11.5 Å². The van der Waals surface area contributed by atoms with Crippen molar-refractivity contribution >= 4 is 29.1 Å². The fourth-order valence-corrected chi connectivity index (χ4v) is 5.36. The summed E-state index contributed by atoms with van der Waals surface area (Å²) < 4.78 is 11.9. The second kappa shape index (κ2) is 12.1. The Balaban J connectivity index is 1.82. The van der Waals surface area contributed by atoms with Crippen LogP contribution in [0.4, 0.5) is 5.69 Å². The van der Waals surface area contributed by atoms with Gasteiger partial charge in [0.25, 0.3) is 0 Å². The standard InChI is InChI=1S/C32H37ClN2O4/c1-7-20(3)39-30-19-28-25(17-29(30)38-6)18-31(37)35(32(28)24-9-13-26(33)14-10-24)27-15-11-23(12-16-27)21(4)34(8-2)22(5)36/h9-17,19-21,32H,7-8,18H2,1-6H3/t20-,21-,32+/m1/s1. The molecule has 0 radical (unpaired) electrons. The highest BCUT2D eigenvalue weighted by molar-refractivity contribution is 6.30. The first-order valence-electron chi connectivity index (χ1n) is 13.5. The lowest BCUT2D eigenvalue weighted by molar-refractivity contribution is -0.130. The van der Waals surface area contributed by atoms with Gasteiger partial charge in [-0.25, -0.2) is 0 Å². The summed E-state index contributed by atoms with van der Waals surface area (Å²) in [6, 6.07) is 19.0. The minimum atomic E-state index is -0.378. The van der Waals surface area contributed by atoms with Crippen molar-refractivity contribution in [1.29, 1.82) is 0 Å². The molecule has 7 heteroatoms. The van der Waals surface area contributed by atoms with E-state index in [-0.39, 0.29) is 36.4 Å². The fraction of sp³-hybridized carbons (Fsp3) is 0.375. The Hall–Kier alpha value is -3.51. The smallest absolute Gasteiger partial charge is 0.232 e. The number of nitrogens with zero attached hydrogens (tertiary/aromatic N) is 2. The number of methoxy groups -OCH3 is 1. The van der Waals surface area contributed by atoms with E-state index in [9.17, 15) is 9.59 Å². The highest BCUT2D eigenvalue weighted by Gasteiger charge is 2.36. The van der Waals surface area contributed by atoms with Crippen LogP contribution in [0.15, 0.2) is 60.7 Å². The molecule has 3 aromatic rings. The van der Waals surface area contributed by atoms with Gasteiger partial charge < -0.3 is 19.3 Å². The predicted octanol–water partition coefficient (Wildman–Crippen LogP) is 7.13. The number of ether oxygens (including phenoxy) is 2. The van der Waals surface area contributed by atoms with Gasteiger partial charge in [-0.2, -0.15) is 0 Å². The number of carbonyl (C=O) groups excluding carboxylic acids is 2. The molecule has 0 aliphatic carbocycles. The molecule has 206 valence electrons. The third-order valence-electron chi connectivity index (χ3n) is 7.54. The molecule has 0 unspecified atom stereocenters. The lowest BCUT2D eigenvalue weighted by Gasteiger charge is -2.38. The summed E-state index contributed by atoms with van der Waals surface area (Å²) >= 11 is 6.23. The van der Waals surface area contributed by atoms with E-state index in [0.29, 0.717) is 23.1 Å². The van der Waals surface area contributed by atoms with E-state index in [2.05, 4.69) is 6.92 Å². The number of carbonyl (C=O) groups is 2. The maximum absolute atomic E-state index is 13.8. The Bertz CT molecular complexity index is 1320. The molecule has 4 rings (SSSR count). The zero-order valence-electron chi connectivity index (χ0n) is 23.5. The third kappa shape index (κ3) is 5.91. The number of benzene rings is 3. The largest absolute Gasteiger partial charge is 0.493 e. The first-order valence-corrected chi connectivity index (χ1v) is 13.9. The maximum Gasteiger partial charge on any atom is 0.232 e. The summed E-state index contributed by atoms with van der Waals surface area (Å²) in [6.07, 6.45) is 1.11. The zero-order chi connectivity index (χ0) is 28.3. The minimum absolute atomic E-state index is 0.0134. The van der Waals surface area contributed by atoms with Crippen LogP contribution in [0, 0.1) is 0 Å². The molecule has 3 aromatic carbocycles. The lowest BCUT2D eigenvalue weighted by atomic mass is 9.86. The molecule has 2 amide bonds. The van der Waals surface area contributed by atoms with Gasteiger partial charge in [0.2, 0.25) is 11.8 Å². The third-order valence-corrected chi connectivity index (χ3v) is 7.80. The number of halogens is 1. The Morgan fingerprint density at radius 1 is 1.05 bits per heavy atom. The highest BCUT2D eigenvalue weighted by Crippen LogP contribution is 2.44. The van der Waals surface area contributed by atoms with Gasteiger partial charge in [0.1, 0.15) is 0 Å². The Morgan fingerprint density at radius 3 is 2.28 bits per heavy atom. The molecule has 0 fully saturated rings. The predicted molar refractivity (Wildman–Crippen MR) is 156 cm³/mol. The van der Waals surface area contributed by atoms with Crippen LogP contribution in [0.1, 0.15) is 75.4 Å². The normalized spacial score (nSPS) is 16.3. The summed E-state index contributed by atoms with van der Waals surface area (Å²) in [5.41, 5.74) is 4.64. The van der Waals surface area contributed by atoms with E-state index in [1.165, 1.54) is 0 Å². The van der Waals surface area contributed by atoms with Crippen LogP contribution in [0.25, 0.3) is 0 Å². The number of amides is 2. The molecule has 1 aliphatic rings. The monoisotopic (exact) mass is 548 g/mol.